The molecular formula is C11H22O2. The second-order valence-corrected chi connectivity index (χ2v) is 3.55. The molecule has 0 bridgehead atoms. The van der Waals surface area contributed by atoms with E-state index in [4.69, 9.17) is 0 Å². The smallest absolute Gasteiger partial charge is 0.0939 e. The zero-order chi connectivity index (χ0) is 10.3. The van der Waals surface area contributed by atoms with Crippen LogP contribution in [0.4, 0.5) is 0 Å². The quantitative estimate of drug-likeness (QED) is 0.625. The van der Waals surface area contributed by atoms with E-state index in [1.165, 1.54) is 0 Å². The van der Waals surface area contributed by atoms with Gasteiger partial charge in [0.1, 0.15) is 0 Å². The van der Waals surface area contributed by atoms with Crippen LogP contribution in [-0.4, -0.2) is 21.9 Å². The van der Waals surface area contributed by atoms with Gasteiger partial charge < -0.3 is 10.2 Å². The summed E-state index contributed by atoms with van der Waals surface area (Å²) < 4.78 is 0. The maximum atomic E-state index is 10.1. The molecule has 2 unspecified atom stereocenters. The molecule has 0 aliphatic heterocycles. The summed E-state index contributed by atoms with van der Waals surface area (Å²) in [5.41, 5.74) is -0.921. The third kappa shape index (κ3) is 3.92. The Labute approximate surface area is 81.3 Å². The van der Waals surface area contributed by atoms with Crippen LogP contribution < -0.4 is 0 Å². The van der Waals surface area contributed by atoms with Gasteiger partial charge in [0, 0.05) is 0 Å². The van der Waals surface area contributed by atoms with Crippen molar-refractivity contribution in [3.63, 3.8) is 0 Å². The highest BCUT2D eigenvalue weighted by molar-refractivity contribution is 4.93. The first-order chi connectivity index (χ1) is 6.10. The number of hydrogen-bond acceptors (Lipinski definition) is 2. The van der Waals surface area contributed by atoms with Crippen molar-refractivity contribution in [2.24, 2.45) is 0 Å². The predicted molar refractivity (Wildman–Crippen MR) is 55.6 cm³/mol. The van der Waals surface area contributed by atoms with Crippen LogP contribution in [0.3, 0.4) is 0 Å². The van der Waals surface area contributed by atoms with E-state index in [0.29, 0.717) is 19.3 Å². The van der Waals surface area contributed by atoms with E-state index in [0.717, 1.165) is 6.42 Å². The topological polar surface area (TPSA) is 40.5 Å². The Hall–Kier alpha value is -0.340. The number of allylic oxidation sites excluding steroid dienone is 1. The lowest BCUT2D eigenvalue weighted by atomic mass is 9.86. The zero-order valence-corrected chi connectivity index (χ0v) is 8.95. The minimum absolute atomic E-state index is 0.548. The lowest BCUT2D eigenvalue weighted by Gasteiger charge is -2.31. The highest BCUT2D eigenvalue weighted by atomic mass is 16.3. The Morgan fingerprint density at radius 1 is 1.38 bits per heavy atom. The first kappa shape index (κ1) is 12.7. The molecule has 0 rings (SSSR count). The molecule has 0 saturated carbocycles. The van der Waals surface area contributed by atoms with Gasteiger partial charge in [-0.25, -0.2) is 0 Å². The summed E-state index contributed by atoms with van der Waals surface area (Å²) in [6, 6.07) is 0. The van der Waals surface area contributed by atoms with Crippen molar-refractivity contribution < 1.29 is 10.2 Å². The molecule has 2 nitrogen and oxygen atoms in total. The zero-order valence-electron chi connectivity index (χ0n) is 8.95. The summed E-state index contributed by atoms with van der Waals surface area (Å²) in [6.07, 6.45) is 5.92. The Morgan fingerprint density at radius 3 is 2.38 bits per heavy atom. The summed E-state index contributed by atoms with van der Waals surface area (Å²) in [5.74, 6) is 0. The third-order valence-electron chi connectivity index (χ3n) is 2.40. The van der Waals surface area contributed by atoms with Gasteiger partial charge in [0.05, 0.1) is 11.7 Å². The maximum Gasteiger partial charge on any atom is 0.0939 e. The van der Waals surface area contributed by atoms with Gasteiger partial charge in [-0.1, -0.05) is 32.4 Å². The van der Waals surface area contributed by atoms with Gasteiger partial charge >= 0.3 is 0 Å². The van der Waals surface area contributed by atoms with E-state index in [2.05, 4.69) is 0 Å². The maximum absolute atomic E-state index is 10.1. The fourth-order valence-electron chi connectivity index (χ4n) is 1.54. The van der Waals surface area contributed by atoms with Gasteiger partial charge in [-0.3, -0.25) is 0 Å². The van der Waals surface area contributed by atoms with Gasteiger partial charge in [0.2, 0.25) is 0 Å². The molecule has 2 N–H and O–H groups in total. The number of hydrogen-bond donors (Lipinski definition) is 2. The fourth-order valence-corrected chi connectivity index (χ4v) is 1.54. The van der Waals surface area contributed by atoms with Gasteiger partial charge in [-0.15, -0.1) is 0 Å². The predicted octanol–water partition coefficient (Wildman–Crippen LogP) is 2.25. The molecule has 0 amide bonds. The molecule has 0 aromatic rings. The average Bonchev–Trinajstić information content (AvgIpc) is 2.14. The molecule has 0 aromatic carbocycles. The van der Waals surface area contributed by atoms with E-state index in [1.54, 1.807) is 0 Å². The molecular weight excluding hydrogens is 164 g/mol. The van der Waals surface area contributed by atoms with Crippen molar-refractivity contribution in [3.05, 3.63) is 12.2 Å². The lowest BCUT2D eigenvalue weighted by molar-refractivity contribution is -0.0796. The number of rotatable bonds is 6. The Morgan fingerprint density at radius 2 is 2.00 bits per heavy atom. The SMILES string of the molecule is C/C=C/CC(O)(CCC)C(O)CC. The highest BCUT2D eigenvalue weighted by Gasteiger charge is 2.31. The molecule has 0 saturated heterocycles. The Balaban J connectivity index is 4.31. The van der Waals surface area contributed by atoms with E-state index in [9.17, 15) is 10.2 Å². The highest BCUT2D eigenvalue weighted by Crippen LogP contribution is 2.24. The number of aliphatic hydroxyl groups is 2. The van der Waals surface area contributed by atoms with Crippen LogP contribution in [0.25, 0.3) is 0 Å². The van der Waals surface area contributed by atoms with Crippen LogP contribution in [0.15, 0.2) is 12.2 Å². The van der Waals surface area contributed by atoms with E-state index >= 15 is 0 Å². The van der Waals surface area contributed by atoms with Crippen molar-refractivity contribution in [2.75, 3.05) is 0 Å². The molecule has 78 valence electrons. The van der Waals surface area contributed by atoms with Crippen LogP contribution in [0.5, 0.6) is 0 Å². The molecule has 0 aliphatic carbocycles. The molecule has 0 fully saturated rings. The summed E-state index contributed by atoms with van der Waals surface area (Å²) in [6.45, 7) is 5.83. The van der Waals surface area contributed by atoms with Gasteiger partial charge in [0.25, 0.3) is 0 Å². The first-order valence-electron chi connectivity index (χ1n) is 5.12. The van der Waals surface area contributed by atoms with Gasteiger partial charge in [-0.05, 0) is 26.2 Å². The minimum atomic E-state index is -0.921. The summed E-state index contributed by atoms with van der Waals surface area (Å²) in [4.78, 5) is 0. The minimum Gasteiger partial charge on any atom is -0.390 e. The van der Waals surface area contributed by atoms with Crippen molar-refractivity contribution in [3.8, 4) is 0 Å². The standard InChI is InChI=1S/C11H22O2/c1-4-7-9-11(13,8-5-2)10(12)6-3/h4,7,10,12-13H,5-6,8-9H2,1-3H3/b7-4+. The molecule has 0 aromatic heterocycles. The normalized spacial score (nSPS) is 18.8. The van der Waals surface area contributed by atoms with E-state index in [-0.39, 0.29) is 0 Å². The second-order valence-electron chi connectivity index (χ2n) is 3.55. The molecule has 13 heavy (non-hydrogen) atoms. The number of aliphatic hydroxyl groups excluding tert-OH is 1. The van der Waals surface area contributed by atoms with Gasteiger partial charge in [-0.2, -0.15) is 0 Å². The second kappa shape index (κ2) is 6.17. The van der Waals surface area contributed by atoms with Crippen LogP contribution >= 0.6 is 0 Å². The molecule has 2 heteroatoms. The molecule has 0 radical (unpaired) electrons. The van der Waals surface area contributed by atoms with Crippen LogP contribution in [0.2, 0.25) is 0 Å². The Bertz CT molecular complexity index is 154. The summed E-state index contributed by atoms with van der Waals surface area (Å²) in [5, 5.41) is 19.8. The van der Waals surface area contributed by atoms with Gasteiger partial charge in [0.15, 0.2) is 0 Å². The summed E-state index contributed by atoms with van der Waals surface area (Å²) in [7, 11) is 0. The van der Waals surface area contributed by atoms with Crippen molar-refractivity contribution >= 4 is 0 Å². The molecule has 0 spiro atoms. The monoisotopic (exact) mass is 186 g/mol. The summed E-state index contributed by atoms with van der Waals surface area (Å²) >= 11 is 0. The third-order valence-corrected chi connectivity index (χ3v) is 2.40. The van der Waals surface area contributed by atoms with Crippen molar-refractivity contribution in [1.29, 1.82) is 0 Å². The van der Waals surface area contributed by atoms with Crippen LogP contribution in [0.1, 0.15) is 46.5 Å². The van der Waals surface area contributed by atoms with E-state index < -0.39 is 11.7 Å². The Kier molecular flexibility index (Phi) is 6.00. The molecule has 0 aliphatic rings. The van der Waals surface area contributed by atoms with Crippen molar-refractivity contribution in [1.82, 2.24) is 0 Å². The fraction of sp³-hybridized carbons (Fsp3) is 0.818. The molecule has 0 heterocycles. The van der Waals surface area contributed by atoms with Crippen molar-refractivity contribution in [2.45, 2.75) is 58.2 Å². The van der Waals surface area contributed by atoms with Crippen LogP contribution in [-0.2, 0) is 0 Å². The van der Waals surface area contributed by atoms with E-state index in [1.807, 2.05) is 32.9 Å². The molecule has 2 atom stereocenters. The first-order valence-corrected chi connectivity index (χ1v) is 5.12. The largest absolute Gasteiger partial charge is 0.390 e. The average molecular weight is 186 g/mol. The lowest BCUT2D eigenvalue weighted by Crippen LogP contribution is -2.41. The van der Waals surface area contributed by atoms with Crippen LogP contribution in [0, 0.1) is 0 Å².